The van der Waals surface area contributed by atoms with Crippen LogP contribution in [0.15, 0.2) is 60.7 Å². The first-order chi connectivity index (χ1) is 13.9. The molecule has 1 unspecified atom stereocenters. The molecule has 1 saturated heterocycles. The first kappa shape index (κ1) is 21.0. The number of hydrogen-bond acceptors (Lipinski definition) is 5. The minimum atomic E-state index is -3.79. The Morgan fingerprint density at radius 2 is 1.66 bits per heavy atom. The van der Waals surface area contributed by atoms with Crippen LogP contribution in [0.5, 0.6) is 0 Å². The molecule has 154 valence electrons. The number of piperazine rings is 1. The normalized spacial score (nSPS) is 16.1. The summed E-state index contributed by atoms with van der Waals surface area (Å²) in [6.45, 7) is 0.321. The maximum atomic E-state index is 12.8. The van der Waals surface area contributed by atoms with Crippen molar-refractivity contribution in [3.8, 4) is 0 Å². The van der Waals surface area contributed by atoms with Gasteiger partial charge in [0.25, 0.3) is 0 Å². The van der Waals surface area contributed by atoms with Gasteiger partial charge in [0.15, 0.2) is 0 Å². The molecule has 1 heterocycles. The van der Waals surface area contributed by atoms with Gasteiger partial charge in [-0.15, -0.1) is 0 Å². The lowest BCUT2D eigenvalue weighted by Crippen LogP contribution is -2.51. The molecule has 2 aromatic carbocycles. The van der Waals surface area contributed by atoms with Gasteiger partial charge in [-0.25, -0.2) is 8.42 Å². The molecule has 0 bridgehead atoms. The zero-order valence-electron chi connectivity index (χ0n) is 16.0. The van der Waals surface area contributed by atoms with Gasteiger partial charge in [0.2, 0.25) is 15.9 Å². The molecule has 2 aromatic rings. The summed E-state index contributed by atoms with van der Waals surface area (Å²) in [7, 11) is -3.79. The lowest BCUT2D eigenvalue weighted by atomic mass is 10.0. The van der Waals surface area contributed by atoms with Crippen molar-refractivity contribution < 1.29 is 22.7 Å². The Kier molecular flexibility index (Phi) is 7.00. The van der Waals surface area contributed by atoms with Gasteiger partial charge in [-0.1, -0.05) is 60.7 Å². The van der Waals surface area contributed by atoms with Gasteiger partial charge >= 0.3 is 5.97 Å². The van der Waals surface area contributed by atoms with E-state index in [4.69, 9.17) is 4.74 Å². The minimum absolute atomic E-state index is 0.0805. The Hall–Kier alpha value is -2.71. The van der Waals surface area contributed by atoms with Crippen molar-refractivity contribution in [1.29, 1.82) is 0 Å². The third-order valence-corrected chi connectivity index (χ3v) is 6.61. The molecule has 1 fully saturated rings. The van der Waals surface area contributed by atoms with E-state index in [-0.39, 0.29) is 38.6 Å². The van der Waals surface area contributed by atoms with Crippen molar-refractivity contribution in [1.82, 2.24) is 9.62 Å². The average Bonchev–Trinajstić information content (AvgIpc) is 2.73. The summed E-state index contributed by atoms with van der Waals surface area (Å²) in [5.41, 5.74) is 1.68. The molecule has 0 aliphatic carbocycles. The number of amides is 1. The fourth-order valence-electron chi connectivity index (χ4n) is 3.17. The summed E-state index contributed by atoms with van der Waals surface area (Å²) < 4.78 is 32.2. The first-order valence-electron chi connectivity index (χ1n) is 9.43. The third kappa shape index (κ3) is 6.13. The van der Waals surface area contributed by atoms with E-state index in [1.165, 1.54) is 0 Å². The Bertz CT molecular complexity index is 932. The summed E-state index contributed by atoms with van der Waals surface area (Å²) in [5.74, 6) is -2.17. The van der Waals surface area contributed by atoms with Crippen LogP contribution in [0.4, 0.5) is 0 Å². The lowest BCUT2D eigenvalue weighted by molar-refractivity contribution is -0.149. The molecule has 0 saturated carbocycles. The van der Waals surface area contributed by atoms with Gasteiger partial charge in [-0.05, 0) is 17.5 Å². The van der Waals surface area contributed by atoms with E-state index in [0.717, 1.165) is 15.4 Å². The monoisotopic (exact) mass is 416 g/mol. The summed E-state index contributed by atoms with van der Waals surface area (Å²) in [6.07, 6.45) is 0.244. The maximum Gasteiger partial charge on any atom is 0.310 e. The summed E-state index contributed by atoms with van der Waals surface area (Å²) >= 11 is 0. The van der Waals surface area contributed by atoms with Gasteiger partial charge < -0.3 is 10.1 Å². The summed E-state index contributed by atoms with van der Waals surface area (Å²) in [6, 6.07) is 18.4. The van der Waals surface area contributed by atoms with E-state index < -0.39 is 27.7 Å². The van der Waals surface area contributed by atoms with Gasteiger partial charge in [0.05, 0.1) is 18.2 Å². The Morgan fingerprint density at radius 1 is 1.03 bits per heavy atom. The quantitative estimate of drug-likeness (QED) is 0.656. The van der Waals surface area contributed by atoms with E-state index in [0.29, 0.717) is 0 Å². The summed E-state index contributed by atoms with van der Waals surface area (Å²) in [5, 5.41) is 2.60. The van der Waals surface area contributed by atoms with Crippen LogP contribution in [0, 0.1) is 5.92 Å². The van der Waals surface area contributed by atoms with Gasteiger partial charge in [-0.2, -0.15) is 4.31 Å². The predicted octanol–water partition coefficient (Wildman–Crippen LogP) is 1.35. The van der Waals surface area contributed by atoms with Crippen LogP contribution in [0.3, 0.4) is 0 Å². The second kappa shape index (κ2) is 9.67. The highest BCUT2D eigenvalue weighted by atomic mass is 32.2. The molecule has 29 heavy (non-hydrogen) atoms. The number of hydrogen-bond donors (Lipinski definition) is 1. The number of ether oxygens (including phenoxy) is 1. The van der Waals surface area contributed by atoms with E-state index in [2.05, 4.69) is 5.32 Å². The number of carbonyl (C=O) groups is 2. The lowest BCUT2D eigenvalue weighted by Gasteiger charge is -2.27. The van der Waals surface area contributed by atoms with Crippen LogP contribution in [-0.2, 0) is 37.4 Å². The Labute approximate surface area is 170 Å². The molecule has 1 amide bonds. The molecule has 1 N–H and O–H groups in total. The molecule has 1 aliphatic heterocycles. The SMILES string of the molecule is O=C1CN(S(=O)(=O)CC(Cc2ccccc2)C(=O)OCc2ccccc2)CCN1. The Balaban J connectivity index is 1.73. The molecule has 8 heteroatoms. The van der Waals surface area contributed by atoms with E-state index in [1.54, 1.807) is 0 Å². The third-order valence-electron chi connectivity index (χ3n) is 4.69. The fraction of sp³-hybridized carbons (Fsp3) is 0.333. The van der Waals surface area contributed by atoms with Crippen molar-refractivity contribution in [2.75, 3.05) is 25.4 Å². The van der Waals surface area contributed by atoms with Crippen LogP contribution in [0.1, 0.15) is 11.1 Å². The molecule has 1 aliphatic rings. The standard InChI is InChI=1S/C21H24N2O5S/c24-20-14-23(12-11-22-20)29(26,27)16-19(13-17-7-3-1-4-8-17)21(25)28-15-18-9-5-2-6-10-18/h1-10,19H,11-16H2,(H,22,24). The Morgan fingerprint density at radius 3 is 2.28 bits per heavy atom. The van der Waals surface area contributed by atoms with E-state index in [9.17, 15) is 18.0 Å². The van der Waals surface area contributed by atoms with Gasteiger partial charge in [-0.3, -0.25) is 9.59 Å². The van der Waals surface area contributed by atoms with Crippen LogP contribution < -0.4 is 5.32 Å². The highest BCUT2D eigenvalue weighted by Gasteiger charge is 2.33. The number of rotatable bonds is 8. The topological polar surface area (TPSA) is 92.8 Å². The predicted molar refractivity (Wildman–Crippen MR) is 108 cm³/mol. The highest BCUT2D eigenvalue weighted by molar-refractivity contribution is 7.89. The van der Waals surface area contributed by atoms with Crippen molar-refractivity contribution in [2.24, 2.45) is 5.92 Å². The van der Waals surface area contributed by atoms with Crippen LogP contribution >= 0.6 is 0 Å². The molecule has 1 atom stereocenters. The molecule has 0 aromatic heterocycles. The van der Waals surface area contributed by atoms with E-state index >= 15 is 0 Å². The number of benzene rings is 2. The zero-order chi connectivity index (χ0) is 20.7. The molecule has 7 nitrogen and oxygen atoms in total. The van der Waals surface area contributed by atoms with Crippen LogP contribution in [-0.4, -0.2) is 50.0 Å². The second-order valence-electron chi connectivity index (χ2n) is 6.94. The second-order valence-corrected chi connectivity index (χ2v) is 8.96. The fourth-order valence-corrected chi connectivity index (χ4v) is 4.82. The van der Waals surface area contributed by atoms with Crippen LogP contribution in [0.25, 0.3) is 0 Å². The number of esters is 1. The number of nitrogens with zero attached hydrogens (tertiary/aromatic N) is 1. The summed E-state index contributed by atoms with van der Waals surface area (Å²) in [4.78, 5) is 24.3. The highest BCUT2D eigenvalue weighted by Crippen LogP contribution is 2.17. The molecular weight excluding hydrogens is 392 g/mol. The largest absolute Gasteiger partial charge is 0.461 e. The van der Waals surface area contributed by atoms with E-state index in [1.807, 2.05) is 60.7 Å². The molecule has 0 radical (unpaired) electrons. The van der Waals surface area contributed by atoms with Crippen molar-refractivity contribution in [3.63, 3.8) is 0 Å². The minimum Gasteiger partial charge on any atom is -0.461 e. The van der Waals surface area contributed by atoms with Gasteiger partial charge in [0, 0.05) is 13.1 Å². The van der Waals surface area contributed by atoms with Crippen molar-refractivity contribution >= 4 is 21.9 Å². The first-order valence-corrected chi connectivity index (χ1v) is 11.0. The maximum absolute atomic E-state index is 12.8. The van der Waals surface area contributed by atoms with Crippen molar-refractivity contribution in [2.45, 2.75) is 13.0 Å². The average molecular weight is 416 g/mol. The van der Waals surface area contributed by atoms with Crippen LogP contribution in [0.2, 0.25) is 0 Å². The van der Waals surface area contributed by atoms with Crippen molar-refractivity contribution in [3.05, 3.63) is 71.8 Å². The molecular formula is C21H24N2O5S. The molecule has 0 spiro atoms. The smallest absolute Gasteiger partial charge is 0.310 e. The number of sulfonamides is 1. The molecule has 3 rings (SSSR count). The zero-order valence-corrected chi connectivity index (χ0v) is 16.8. The number of nitrogens with one attached hydrogen (secondary N) is 1. The van der Waals surface area contributed by atoms with Gasteiger partial charge in [0.1, 0.15) is 6.61 Å². The number of carbonyl (C=O) groups excluding carboxylic acids is 2.